The molecule has 0 aromatic carbocycles. The zero-order valence-corrected chi connectivity index (χ0v) is 13.4. The lowest BCUT2D eigenvalue weighted by Gasteiger charge is -2.38. The molecular formula is C14H30N4S. The van der Waals surface area contributed by atoms with Crippen molar-refractivity contribution in [1.29, 1.82) is 0 Å². The second-order valence-corrected chi connectivity index (χ2v) is 6.68. The summed E-state index contributed by atoms with van der Waals surface area (Å²) in [6.45, 7) is 11.3. The third-order valence-electron chi connectivity index (χ3n) is 4.49. The van der Waals surface area contributed by atoms with Crippen LogP contribution in [0.4, 0.5) is 0 Å². The van der Waals surface area contributed by atoms with Gasteiger partial charge in [-0.2, -0.15) is 0 Å². The molecule has 2 rings (SSSR count). The normalized spacial score (nSPS) is 24.9. The van der Waals surface area contributed by atoms with Crippen molar-refractivity contribution in [3.63, 3.8) is 0 Å². The zero-order valence-electron chi connectivity index (χ0n) is 12.6. The monoisotopic (exact) mass is 286 g/mol. The first-order valence-electron chi connectivity index (χ1n) is 7.70. The number of rotatable bonds is 6. The molecule has 2 heterocycles. The second kappa shape index (κ2) is 8.47. The summed E-state index contributed by atoms with van der Waals surface area (Å²) in [6.07, 6.45) is 4.98. The average molecular weight is 286 g/mol. The Hall–Kier alpha value is 0.190. The van der Waals surface area contributed by atoms with Gasteiger partial charge in [-0.1, -0.05) is 11.9 Å². The standard InChI is InChI=1S/C14H30N4S/c1-15-5-8-16-9-11-17(12-10-16)13-14-3-6-18(19-2)7-4-14/h14-15H,3-13H2,1-2H3. The van der Waals surface area contributed by atoms with E-state index in [1.807, 2.05) is 19.0 Å². The summed E-state index contributed by atoms with van der Waals surface area (Å²) in [5.74, 6) is 0.937. The molecule has 0 unspecified atom stereocenters. The first-order valence-corrected chi connectivity index (χ1v) is 8.88. The van der Waals surface area contributed by atoms with Crippen molar-refractivity contribution in [3.8, 4) is 0 Å². The van der Waals surface area contributed by atoms with Crippen molar-refractivity contribution in [3.05, 3.63) is 0 Å². The van der Waals surface area contributed by atoms with Crippen molar-refractivity contribution in [2.24, 2.45) is 5.92 Å². The van der Waals surface area contributed by atoms with Crippen LogP contribution in [-0.4, -0.2) is 86.3 Å². The van der Waals surface area contributed by atoms with E-state index in [-0.39, 0.29) is 0 Å². The molecule has 0 bridgehead atoms. The molecule has 1 N–H and O–H groups in total. The first kappa shape index (κ1) is 15.6. The Morgan fingerprint density at radius 1 is 1.00 bits per heavy atom. The van der Waals surface area contributed by atoms with Gasteiger partial charge < -0.3 is 10.2 Å². The van der Waals surface area contributed by atoms with Gasteiger partial charge >= 0.3 is 0 Å². The van der Waals surface area contributed by atoms with Gasteiger partial charge in [-0.05, 0) is 32.1 Å². The molecule has 2 saturated heterocycles. The highest BCUT2D eigenvalue weighted by Crippen LogP contribution is 2.22. The summed E-state index contributed by atoms with van der Waals surface area (Å²) < 4.78 is 2.51. The zero-order chi connectivity index (χ0) is 13.5. The number of nitrogens with zero attached hydrogens (tertiary/aromatic N) is 3. The van der Waals surface area contributed by atoms with Crippen LogP contribution >= 0.6 is 11.9 Å². The lowest BCUT2D eigenvalue weighted by Crippen LogP contribution is -2.49. The van der Waals surface area contributed by atoms with Gasteiger partial charge in [-0.15, -0.1) is 0 Å². The van der Waals surface area contributed by atoms with Crippen LogP contribution in [0.1, 0.15) is 12.8 Å². The fourth-order valence-electron chi connectivity index (χ4n) is 3.10. The fraction of sp³-hybridized carbons (Fsp3) is 1.00. The Kier molecular flexibility index (Phi) is 6.94. The maximum atomic E-state index is 3.24. The molecule has 19 heavy (non-hydrogen) atoms. The lowest BCUT2D eigenvalue weighted by molar-refractivity contribution is 0.107. The van der Waals surface area contributed by atoms with Crippen LogP contribution in [0.2, 0.25) is 0 Å². The number of hydrogen-bond acceptors (Lipinski definition) is 5. The van der Waals surface area contributed by atoms with Crippen LogP contribution < -0.4 is 5.32 Å². The van der Waals surface area contributed by atoms with E-state index in [0.717, 1.165) is 12.5 Å². The number of nitrogens with one attached hydrogen (secondary N) is 1. The minimum atomic E-state index is 0.937. The van der Waals surface area contributed by atoms with Gasteiger partial charge in [0.05, 0.1) is 0 Å². The summed E-state index contributed by atoms with van der Waals surface area (Å²) in [6, 6.07) is 0. The van der Waals surface area contributed by atoms with E-state index in [0.29, 0.717) is 0 Å². The van der Waals surface area contributed by atoms with Crippen LogP contribution in [0.15, 0.2) is 0 Å². The molecule has 0 aromatic heterocycles. The Morgan fingerprint density at radius 3 is 2.21 bits per heavy atom. The molecule has 0 aliphatic carbocycles. The van der Waals surface area contributed by atoms with Crippen LogP contribution in [0.5, 0.6) is 0 Å². The molecule has 0 saturated carbocycles. The number of piperazine rings is 1. The predicted octanol–water partition coefficient (Wildman–Crippen LogP) is 0.813. The number of likely N-dealkylation sites (N-methyl/N-ethyl adjacent to an activating group) is 1. The summed E-state index contributed by atoms with van der Waals surface area (Å²) in [5.41, 5.74) is 0. The van der Waals surface area contributed by atoms with Gasteiger partial charge in [0.1, 0.15) is 0 Å². The summed E-state index contributed by atoms with van der Waals surface area (Å²) in [7, 11) is 2.04. The Bertz CT molecular complexity index is 236. The van der Waals surface area contributed by atoms with E-state index in [4.69, 9.17) is 0 Å². The molecule has 2 aliphatic rings. The molecule has 2 fully saturated rings. The van der Waals surface area contributed by atoms with Crippen LogP contribution in [-0.2, 0) is 0 Å². The van der Waals surface area contributed by atoms with Crippen LogP contribution in [0, 0.1) is 5.92 Å². The highest BCUT2D eigenvalue weighted by molar-refractivity contribution is 7.96. The molecule has 2 aliphatic heterocycles. The molecule has 0 spiro atoms. The quantitative estimate of drug-likeness (QED) is 0.728. The second-order valence-electron chi connectivity index (χ2n) is 5.80. The van der Waals surface area contributed by atoms with E-state index in [9.17, 15) is 0 Å². The predicted molar refractivity (Wildman–Crippen MR) is 84.6 cm³/mol. The molecule has 112 valence electrons. The van der Waals surface area contributed by atoms with Crippen molar-refractivity contribution in [1.82, 2.24) is 19.4 Å². The van der Waals surface area contributed by atoms with Gasteiger partial charge in [0.2, 0.25) is 0 Å². The average Bonchev–Trinajstić information content (AvgIpc) is 2.47. The number of piperidine rings is 1. The van der Waals surface area contributed by atoms with Crippen molar-refractivity contribution in [2.75, 3.05) is 72.2 Å². The summed E-state index contributed by atoms with van der Waals surface area (Å²) >= 11 is 1.91. The fourth-order valence-corrected chi connectivity index (χ4v) is 3.68. The highest BCUT2D eigenvalue weighted by Gasteiger charge is 2.23. The minimum absolute atomic E-state index is 0.937. The first-order chi connectivity index (χ1) is 9.31. The highest BCUT2D eigenvalue weighted by atomic mass is 32.2. The largest absolute Gasteiger partial charge is 0.318 e. The van der Waals surface area contributed by atoms with Gasteiger partial charge in [0.15, 0.2) is 0 Å². The lowest BCUT2D eigenvalue weighted by atomic mass is 9.97. The van der Waals surface area contributed by atoms with Crippen LogP contribution in [0.3, 0.4) is 0 Å². The van der Waals surface area contributed by atoms with Gasteiger partial charge in [-0.3, -0.25) is 9.21 Å². The van der Waals surface area contributed by atoms with Crippen molar-refractivity contribution in [2.45, 2.75) is 12.8 Å². The molecule has 0 amide bonds. The van der Waals surface area contributed by atoms with Gasteiger partial charge in [0, 0.05) is 58.9 Å². The Labute approximate surface area is 123 Å². The van der Waals surface area contributed by atoms with Crippen molar-refractivity contribution >= 4 is 11.9 Å². The molecule has 0 aromatic rings. The smallest absolute Gasteiger partial charge is 0.0110 e. The maximum absolute atomic E-state index is 3.24. The van der Waals surface area contributed by atoms with Gasteiger partial charge in [0.25, 0.3) is 0 Å². The van der Waals surface area contributed by atoms with Crippen molar-refractivity contribution < 1.29 is 0 Å². The van der Waals surface area contributed by atoms with Crippen LogP contribution in [0.25, 0.3) is 0 Å². The maximum Gasteiger partial charge on any atom is 0.0110 e. The Morgan fingerprint density at radius 2 is 1.63 bits per heavy atom. The van der Waals surface area contributed by atoms with Gasteiger partial charge in [-0.25, -0.2) is 0 Å². The summed E-state index contributed by atoms with van der Waals surface area (Å²) in [4.78, 5) is 5.28. The Balaban J connectivity index is 1.60. The third-order valence-corrected chi connectivity index (χ3v) is 5.37. The minimum Gasteiger partial charge on any atom is -0.318 e. The molecular weight excluding hydrogens is 256 g/mol. The molecule has 0 radical (unpaired) electrons. The van der Waals surface area contributed by atoms with E-state index >= 15 is 0 Å². The van der Waals surface area contributed by atoms with E-state index in [1.165, 1.54) is 65.2 Å². The number of hydrogen-bond donors (Lipinski definition) is 1. The van der Waals surface area contributed by atoms with E-state index in [1.54, 1.807) is 0 Å². The van der Waals surface area contributed by atoms with E-state index in [2.05, 4.69) is 25.7 Å². The topological polar surface area (TPSA) is 21.8 Å². The summed E-state index contributed by atoms with van der Waals surface area (Å²) in [5, 5.41) is 3.24. The third kappa shape index (κ3) is 5.23. The molecule has 0 atom stereocenters. The van der Waals surface area contributed by atoms with E-state index < -0.39 is 0 Å². The molecule has 4 nitrogen and oxygen atoms in total. The molecule has 5 heteroatoms. The SMILES string of the molecule is CNCCN1CCN(CC2CCN(SC)CC2)CC1.